The molecule has 2 N–H and O–H groups in total. The number of benzene rings is 1. The third-order valence-electron chi connectivity index (χ3n) is 3.78. The Morgan fingerprint density at radius 3 is 2.78 bits per heavy atom. The molecule has 0 unspecified atom stereocenters. The molecule has 4 nitrogen and oxygen atoms in total. The van der Waals surface area contributed by atoms with Crippen molar-refractivity contribution in [2.75, 3.05) is 11.1 Å². The molecule has 1 spiro atoms. The monoisotopic (exact) mass is 263 g/mol. The smallest absolute Gasteiger partial charge is 0.336 e. The van der Waals surface area contributed by atoms with Crippen LogP contribution in [0.1, 0.15) is 29.6 Å². The van der Waals surface area contributed by atoms with E-state index in [9.17, 15) is 14.7 Å². The molecular weight excluding hydrogens is 250 g/mol. The summed E-state index contributed by atoms with van der Waals surface area (Å²) in [4.78, 5) is 24.1. The van der Waals surface area contributed by atoms with E-state index >= 15 is 0 Å². The van der Waals surface area contributed by atoms with Crippen LogP contribution in [0.25, 0.3) is 0 Å². The molecule has 1 aromatic carbocycles. The van der Waals surface area contributed by atoms with Crippen LogP contribution in [0.5, 0.6) is 0 Å². The SMILES string of the molecule is O=C(O)c1cccc2c1SCC1(CCC1)C(=O)N2. The molecule has 5 heteroatoms. The maximum atomic E-state index is 12.2. The average molecular weight is 263 g/mol. The second kappa shape index (κ2) is 4.02. The first-order valence-corrected chi connectivity index (χ1v) is 6.91. The zero-order valence-electron chi connectivity index (χ0n) is 9.73. The summed E-state index contributed by atoms with van der Waals surface area (Å²) < 4.78 is 0. The minimum absolute atomic E-state index is 0.0440. The van der Waals surface area contributed by atoms with Crippen LogP contribution in [0.3, 0.4) is 0 Å². The number of fused-ring (bicyclic) bond motifs is 1. The molecule has 0 bridgehead atoms. The predicted molar refractivity (Wildman–Crippen MR) is 69.0 cm³/mol. The summed E-state index contributed by atoms with van der Waals surface area (Å²) >= 11 is 1.49. The van der Waals surface area contributed by atoms with Gasteiger partial charge in [0.15, 0.2) is 0 Å². The Kier molecular flexibility index (Phi) is 2.59. The lowest BCUT2D eigenvalue weighted by atomic mass is 9.69. The van der Waals surface area contributed by atoms with E-state index in [0.717, 1.165) is 19.3 Å². The van der Waals surface area contributed by atoms with Crippen molar-refractivity contribution in [3.05, 3.63) is 23.8 Å². The number of rotatable bonds is 1. The van der Waals surface area contributed by atoms with Gasteiger partial charge in [-0.2, -0.15) is 0 Å². The fraction of sp³-hybridized carbons (Fsp3) is 0.385. The fourth-order valence-corrected chi connectivity index (χ4v) is 3.89. The number of carboxylic acid groups (broad SMARTS) is 1. The van der Waals surface area contributed by atoms with E-state index in [-0.39, 0.29) is 16.9 Å². The minimum atomic E-state index is -0.946. The van der Waals surface area contributed by atoms with E-state index in [1.54, 1.807) is 18.2 Å². The fourth-order valence-electron chi connectivity index (χ4n) is 2.47. The number of carbonyl (C=O) groups excluding carboxylic acids is 1. The van der Waals surface area contributed by atoms with E-state index in [1.807, 2.05) is 0 Å². The van der Waals surface area contributed by atoms with Crippen LogP contribution in [-0.4, -0.2) is 22.7 Å². The van der Waals surface area contributed by atoms with Gasteiger partial charge in [-0.25, -0.2) is 4.79 Å². The lowest BCUT2D eigenvalue weighted by Crippen LogP contribution is -2.43. The Labute approximate surface area is 109 Å². The van der Waals surface area contributed by atoms with Gasteiger partial charge in [0, 0.05) is 10.6 Å². The molecule has 1 fully saturated rings. The number of nitrogens with one attached hydrogen (secondary N) is 1. The van der Waals surface area contributed by atoms with Crippen molar-refractivity contribution < 1.29 is 14.7 Å². The number of amides is 1. The molecule has 0 aromatic heterocycles. The predicted octanol–water partition coefficient (Wildman–Crippen LogP) is 2.60. The first-order valence-electron chi connectivity index (χ1n) is 5.93. The van der Waals surface area contributed by atoms with Crippen molar-refractivity contribution in [2.24, 2.45) is 5.41 Å². The van der Waals surface area contributed by atoms with E-state index in [0.29, 0.717) is 16.3 Å². The Bertz CT molecular complexity index is 537. The van der Waals surface area contributed by atoms with Gasteiger partial charge in [0.2, 0.25) is 5.91 Å². The van der Waals surface area contributed by atoms with Crippen LogP contribution in [0.15, 0.2) is 23.1 Å². The molecular formula is C13H13NO3S. The Morgan fingerprint density at radius 2 is 2.17 bits per heavy atom. The van der Waals surface area contributed by atoms with Gasteiger partial charge >= 0.3 is 5.97 Å². The summed E-state index contributed by atoms with van der Waals surface area (Å²) in [5, 5.41) is 12.1. The summed E-state index contributed by atoms with van der Waals surface area (Å²) in [5.41, 5.74) is 0.627. The van der Waals surface area contributed by atoms with Crippen molar-refractivity contribution in [2.45, 2.75) is 24.2 Å². The Hall–Kier alpha value is -1.49. The van der Waals surface area contributed by atoms with Crippen molar-refractivity contribution >= 4 is 29.3 Å². The normalized spacial score (nSPS) is 20.6. The molecule has 0 atom stereocenters. The second-order valence-electron chi connectivity index (χ2n) is 4.86. The quantitative estimate of drug-likeness (QED) is 0.817. The van der Waals surface area contributed by atoms with Crippen molar-refractivity contribution in [3.63, 3.8) is 0 Å². The summed E-state index contributed by atoms with van der Waals surface area (Å²) in [6, 6.07) is 5.02. The minimum Gasteiger partial charge on any atom is -0.478 e. The molecule has 0 saturated heterocycles. The summed E-state index contributed by atoms with van der Waals surface area (Å²) in [6.07, 6.45) is 2.89. The first-order chi connectivity index (χ1) is 8.62. The van der Waals surface area contributed by atoms with Gasteiger partial charge in [0.25, 0.3) is 0 Å². The maximum absolute atomic E-state index is 12.2. The summed E-state index contributed by atoms with van der Waals surface area (Å²) in [6.45, 7) is 0. The molecule has 1 aliphatic carbocycles. The van der Waals surface area contributed by atoms with E-state index in [4.69, 9.17) is 0 Å². The molecule has 2 aliphatic rings. The van der Waals surface area contributed by atoms with E-state index in [2.05, 4.69) is 5.32 Å². The van der Waals surface area contributed by atoms with Gasteiger partial charge < -0.3 is 10.4 Å². The lowest BCUT2D eigenvalue weighted by molar-refractivity contribution is -0.128. The van der Waals surface area contributed by atoms with Crippen molar-refractivity contribution in [1.29, 1.82) is 0 Å². The molecule has 1 aliphatic heterocycles. The van der Waals surface area contributed by atoms with Gasteiger partial charge in [-0.1, -0.05) is 12.5 Å². The zero-order chi connectivity index (χ0) is 12.8. The van der Waals surface area contributed by atoms with Gasteiger partial charge in [0.1, 0.15) is 0 Å². The van der Waals surface area contributed by atoms with Crippen LogP contribution in [0.2, 0.25) is 0 Å². The standard InChI is InChI=1S/C13H13NO3S/c15-11(16)8-3-1-4-9-10(8)18-7-13(5-2-6-13)12(17)14-9/h1,3-4H,2,5-7H2,(H,14,17)(H,15,16). The highest BCUT2D eigenvalue weighted by Gasteiger charge is 2.45. The number of carbonyl (C=O) groups is 2. The lowest BCUT2D eigenvalue weighted by Gasteiger charge is -2.38. The third-order valence-corrected chi connectivity index (χ3v) is 5.20. The average Bonchev–Trinajstić information content (AvgIpc) is 2.43. The van der Waals surface area contributed by atoms with Crippen LogP contribution < -0.4 is 5.32 Å². The highest BCUT2D eigenvalue weighted by atomic mass is 32.2. The van der Waals surface area contributed by atoms with E-state index in [1.165, 1.54) is 11.8 Å². The number of hydrogen-bond acceptors (Lipinski definition) is 3. The number of hydrogen-bond donors (Lipinski definition) is 2. The molecule has 1 heterocycles. The van der Waals surface area contributed by atoms with Gasteiger partial charge in [-0.05, 0) is 25.0 Å². The van der Waals surface area contributed by atoms with Crippen molar-refractivity contribution in [3.8, 4) is 0 Å². The summed E-state index contributed by atoms with van der Waals surface area (Å²) in [7, 11) is 0. The highest BCUT2D eigenvalue weighted by Crippen LogP contribution is 2.49. The highest BCUT2D eigenvalue weighted by molar-refractivity contribution is 7.99. The number of anilines is 1. The molecule has 3 rings (SSSR count). The van der Waals surface area contributed by atoms with Crippen LogP contribution >= 0.6 is 11.8 Å². The molecule has 94 valence electrons. The largest absolute Gasteiger partial charge is 0.478 e. The van der Waals surface area contributed by atoms with E-state index < -0.39 is 5.97 Å². The number of carboxylic acids is 1. The maximum Gasteiger partial charge on any atom is 0.336 e. The second-order valence-corrected chi connectivity index (χ2v) is 5.85. The Balaban J connectivity index is 2.02. The molecule has 18 heavy (non-hydrogen) atoms. The van der Waals surface area contributed by atoms with Crippen LogP contribution in [0, 0.1) is 5.41 Å². The molecule has 1 saturated carbocycles. The number of aromatic carboxylic acids is 1. The van der Waals surface area contributed by atoms with Crippen LogP contribution in [0.4, 0.5) is 5.69 Å². The van der Waals surface area contributed by atoms with Crippen LogP contribution in [-0.2, 0) is 4.79 Å². The first kappa shape index (κ1) is 11.6. The third kappa shape index (κ3) is 1.61. The van der Waals surface area contributed by atoms with Gasteiger partial charge in [-0.3, -0.25) is 4.79 Å². The Morgan fingerprint density at radius 1 is 1.39 bits per heavy atom. The molecule has 0 radical (unpaired) electrons. The van der Waals surface area contributed by atoms with Gasteiger partial charge in [0.05, 0.1) is 16.7 Å². The molecule has 1 aromatic rings. The number of thioether (sulfide) groups is 1. The topological polar surface area (TPSA) is 66.4 Å². The zero-order valence-corrected chi connectivity index (χ0v) is 10.5. The summed E-state index contributed by atoms with van der Waals surface area (Å²) in [5.74, 6) is -0.225. The van der Waals surface area contributed by atoms with Gasteiger partial charge in [-0.15, -0.1) is 11.8 Å². The van der Waals surface area contributed by atoms with Crippen molar-refractivity contribution in [1.82, 2.24) is 0 Å². The molecule has 1 amide bonds.